The maximum Gasteiger partial charge on any atom is 0.344 e. The average molecular weight is 382 g/mol. The highest BCUT2D eigenvalue weighted by Crippen LogP contribution is 2.28. The molecule has 0 aliphatic rings. The number of hydrogen-bond donors (Lipinski definition) is 1. The van der Waals surface area contributed by atoms with Crippen molar-refractivity contribution in [2.75, 3.05) is 11.9 Å². The second-order valence-corrected chi connectivity index (χ2v) is 6.14. The van der Waals surface area contributed by atoms with Gasteiger partial charge in [0.2, 0.25) is 0 Å². The van der Waals surface area contributed by atoms with Gasteiger partial charge < -0.3 is 14.6 Å². The summed E-state index contributed by atoms with van der Waals surface area (Å²) in [5.74, 6) is -1.22. The van der Waals surface area contributed by atoms with Crippen molar-refractivity contribution in [3.8, 4) is 0 Å². The third kappa shape index (κ3) is 4.37. The Morgan fingerprint density at radius 2 is 2.12 bits per heavy atom. The number of anilines is 1. The van der Waals surface area contributed by atoms with Crippen molar-refractivity contribution in [1.29, 1.82) is 0 Å². The molecule has 2 aromatic rings. The summed E-state index contributed by atoms with van der Waals surface area (Å²) in [4.78, 5) is 34.5. The topological polar surface area (TPSA) is 125 Å². The van der Waals surface area contributed by atoms with Gasteiger partial charge in [-0.3, -0.25) is 14.9 Å². The summed E-state index contributed by atoms with van der Waals surface area (Å²) in [6, 6.07) is 3.80. The third-order valence-electron chi connectivity index (χ3n) is 3.38. The van der Waals surface area contributed by atoms with E-state index in [-0.39, 0.29) is 27.9 Å². The number of nitro benzene ring substituents is 1. The van der Waals surface area contributed by atoms with Crippen molar-refractivity contribution in [3.63, 3.8) is 0 Å². The Morgan fingerprint density at radius 1 is 1.42 bits per heavy atom. The van der Waals surface area contributed by atoms with Crippen LogP contribution in [0.25, 0.3) is 0 Å². The maximum absolute atomic E-state index is 12.2. The van der Waals surface area contributed by atoms with Crippen LogP contribution in [0.5, 0.6) is 0 Å². The lowest BCUT2D eigenvalue weighted by Crippen LogP contribution is -2.22. The monoisotopic (exact) mass is 381 g/mol. The summed E-state index contributed by atoms with van der Waals surface area (Å²) >= 11 is 5.71. The van der Waals surface area contributed by atoms with Crippen LogP contribution in [0.15, 0.2) is 22.7 Å². The lowest BCUT2D eigenvalue weighted by atomic mass is 10.1. The lowest BCUT2D eigenvalue weighted by molar-refractivity contribution is -0.383. The molecule has 1 amide bonds. The van der Waals surface area contributed by atoms with Crippen LogP contribution in [0.2, 0.25) is 5.02 Å². The molecule has 0 saturated carbocycles. The van der Waals surface area contributed by atoms with Gasteiger partial charge in [-0.2, -0.15) is 0 Å². The number of carbonyl (C=O) groups is 2. The fourth-order valence-electron chi connectivity index (χ4n) is 2.18. The van der Waals surface area contributed by atoms with Gasteiger partial charge in [0.25, 0.3) is 11.6 Å². The van der Waals surface area contributed by atoms with E-state index >= 15 is 0 Å². The molecule has 0 fully saturated rings. The molecule has 10 heteroatoms. The fraction of sp³-hybridized carbons (Fsp3) is 0.312. The first-order valence-corrected chi connectivity index (χ1v) is 7.95. The fourth-order valence-corrected chi connectivity index (χ4v) is 2.35. The molecule has 26 heavy (non-hydrogen) atoms. The van der Waals surface area contributed by atoms with Crippen LogP contribution in [-0.2, 0) is 9.53 Å². The molecule has 1 heterocycles. The summed E-state index contributed by atoms with van der Waals surface area (Å²) in [6.07, 6.45) is 0. The molecule has 138 valence electrons. The zero-order valence-corrected chi connectivity index (χ0v) is 15.0. The molecule has 0 bridgehead atoms. The van der Waals surface area contributed by atoms with E-state index in [0.717, 1.165) is 6.07 Å². The summed E-state index contributed by atoms with van der Waals surface area (Å²) in [6.45, 7) is 4.61. The van der Waals surface area contributed by atoms with Crippen LogP contribution >= 0.6 is 11.6 Å². The predicted octanol–water partition coefficient (Wildman–Crippen LogP) is 3.46. The summed E-state index contributed by atoms with van der Waals surface area (Å²) in [5, 5.41) is 17.2. The predicted molar refractivity (Wildman–Crippen MR) is 92.3 cm³/mol. The van der Waals surface area contributed by atoms with Crippen molar-refractivity contribution >= 4 is 34.9 Å². The van der Waals surface area contributed by atoms with Crippen LogP contribution < -0.4 is 5.32 Å². The van der Waals surface area contributed by atoms with Gasteiger partial charge >= 0.3 is 5.97 Å². The van der Waals surface area contributed by atoms with E-state index in [1.54, 1.807) is 6.92 Å². The van der Waals surface area contributed by atoms with E-state index in [4.69, 9.17) is 20.9 Å². The summed E-state index contributed by atoms with van der Waals surface area (Å²) in [5.41, 5.74) is 0.108. The van der Waals surface area contributed by atoms with E-state index in [0.29, 0.717) is 11.5 Å². The van der Waals surface area contributed by atoms with Gasteiger partial charge in [0.1, 0.15) is 11.3 Å². The van der Waals surface area contributed by atoms with Gasteiger partial charge in [-0.25, -0.2) is 4.79 Å². The number of nitrogens with zero attached hydrogens (tertiary/aromatic N) is 2. The van der Waals surface area contributed by atoms with Gasteiger partial charge in [0.15, 0.2) is 12.4 Å². The number of carbonyl (C=O) groups excluding carboxylic acids is 2. The zero-order valence-electron chi connectivity index (χ0n) is 14.2. The molecule has 1 aromatic carbocycles. The number of amides is 1. The molecular weight excluding hydrogens is 366 g/mol. The van der Waals surface area contributed by atoms with E-state index in [1.807, 2.05) is 13.8 Å². The van der Waals surface area contributed by atoms with Crippen molar-refractivity contribution < 1.29 is 23.8 Å². The molecule has 0 unspecified atom stereocenters. The zero-order chi connectivity index (χ0) is 19.4. The van der Waals surface area contributed by atoms with Gasteiger partial charge in [-0.05, 0) is 19.1 Å². The normalized spacial score (nSPS) is 10.7. The van der Waals surface area contributed by atoms with E-state index in [9.17, 15) is 19.7 Å². The first kappa shape index (κ1) is 19.4. The van der Waals surface area contributed by atoms with Crippen LogP contribution in [0, 0.1) is 17.0 Å². The third-order valence-corrected chi connectivity index (χ3v) is 3.62. The van der Waals surface area contributed by atoms with Crippen LogP contribution in [0.4, 0.5) is 11.4 Å². The Morgan fingerprint density at radius 3 is 2.73 bits per heavy atom. The highest BCUT2D eigenvalue weighted by atomic mass is 35.5. The van der Waals surface area contributed by atoms with Crippen LogP contribution in [-0.4, -0.2) is 28.6 Å². The number of nitrogens with one attached hydrogen (secondary N) is 1. The maximum atomic E-state index is 12.2. The summed E-state index contributed by atoms with van der Waals surface area (Å²) in [7, 11) is 0. The van der Waals surface area contributed by atoms with Crippen molar-refractivity contribution in [3.05, 3.63) is 50.4 Å². The second-order valence-electron chi connectivity index (χ2n) is 5.70. The molecule has 1 N–H and O–H groups in total. The number of hydrogen-bond acceptors (Lipinski definition) is 7. The molecule has 0 spiro atoms. The first-order valence-electron chi connectivity index (χ1n) is 7.57. The molecular formula is C16H16ClN3O6. The Hall–Kier alpha value is -2.94. The van der Waals surface area contributed by atoms with Crippen molar-refractivity contribution in [2.45, 2.75) is 26.7 Å². The molecule has 0 saturated heterocycles. The Bertz CT molecular complexity index is 862. The lowest BCUT2D eigenvalue weighted by Gasteiger charge is -2.08. The molecule has 9 nitrogen and oxygen atoms in total. The van der Waals surface area contributed by atoms with Gasteiger partial charge in [0, 0.05) is 17.0 Å². The van der Waals surface area contributed by atoms with Crippen molar-refractivity contribution in [2.24, 2.45) is 0 Å². The van der Waals surface area contributed by atoms with Gasteiger partial charge in [-0.1, -0.05) is 30.6 Å². The number of ether oxygens (including phenoxy) is 1. The smallest absolute Gasteiger partial charge is 0.344 e. The SMILES string of the molecule is Cc1noc(C(C)C)c1C(=O)OCC(=O)Nc1ccc(Cl)cc1[N+](=O)[O-]. The summed E-state index contributed by atoms with van der Waals surface area (Å²) < 4.78 is 10.1. The number of nitro groups is 1. The highest BCUT2D eigenvalue weighted by Gasteiger charge is 2.25. The van der Waals surface area contributed by atoms with Gasteiger partial charge in [-0.15, -0.1) is 0 Å². The molecule has 0 radical (unpaired) electrons. The van der Waals surface area contributed by atoms with E-state index < -0.39 is 23.4 Å². The largest absolute Gasteiger partial charge is 0.452 e. The minimum absolute atomic E-state index is 0.0514. The minimum atomic E-state index is -0.756. The molecule has 0 aliphatic heterocycles. The highest BCUT2D eigenvalue weighted by molar-refractivity contribution is 6.31. The molecule has 1 aromatic heterocycles. The number of halogens is 1. The minimum Gasteiger partial charge on any atom is -0.452 e. The van der Waals surface area contributed by atoms with Crippen LogP contribution in [0.3, 0.4) is 0 Å². The van der Waals surface area contributed by atoms with E-state index in [2.05, 4.69) is 10.5 Å². The van der Waals surface area contributed by atoms with Crippen LogP contribution in [0.1, 0.15) is 41.6 Å². The molecule has 0 aliphatic carbocycles. The number of benzene rings is 1. The Balaban J connectivity index is 2.05. The average Bonchev–Trinajstić information content (AvgIpc) is 2.96. The first-order chi connectivity index (χ1) is 12.2. The number of aryl methyl sites for hydroxylation is 1. The second kappa shape index (κ2) is 7.96. The number of aromatic nitrogens is 1. The number of esters is 1. The standard InChI is InChI=1S/C16H16ClN3O6/c1-8(2)15-14(9(3)19-26-15)16(22)25-7-13(21)18-11-5-4-10(17)6-12(11)20(23)24/h4-6,8H,7H2,1-3H3,(H,18,21). The van der Waals surface area contributed by atoms with E-state index in [1.165, 1.54) is 12.1 Å². The quantitative estimate of drug-likeness (QED) is 0.461. The Labute approximate surface area is 153 Å². The Kier molecular flexibility index (Phi) is 5.93. The van der Waals surface area contributed by atoms with Crippen molar-refractivity contribution in [1.82, 2.24) is 5.16 Å². The van der Waals surface area contributed by atoms with Gasteiger partial charge in [0.05, 0.1) is 10.6 Å². The molecule has 2 rings (SSSR count). The number of rotatable bonds is 6. The molecule has 0 atom stereocenters.